The highest BCUT2D eigenvalue weighted by Gasteiger charge is 2.26. The molecule has 1 aromatic rings. The van der Waals surface area contributed by atoms with Crippen molar-refractivity contribution in [3.63, 3.8) is 0 Å². The van der Waals surface area contributed by atoms with Crippen LogP contribution in [0, 0.1) is 5.92 Å². The molecule has 2 rings (SSSR count). The van der Waals surface area contributed by atoms with Crippen LogP contribution in [-0.2, 0) is 17.6 Å². The number of carbonyl (C=O) groups is 1. The Kier molecular flexibility index (Phi) is 5.69. The van der Waals surface area contributed by atoms with Gasteiger partial charge in [-0.15, -0.1) is 0 Å². The molecule has 0 aromatic heterocycles. The summed E-state index contributed by atoms with van der Waals surface area (Å²) in [5.41, 5.74) is 2.05. The van der Waals surface area contributed by atoms with Crippen LogP contribution in [0.4, 0.5) is 0 Å². The number of amides is 1. The average Bonchev–Trinajstić information content (AvgIpc) is 2.51. The molecule has 4 heteroatoms. The molecule has 23 heavy (non-hydrogen) atoms. The van der Waals surface area contributed by atoms with Crippen LogP contribution in [0.5, 0.6) is 5.75 Å². The lowest BCUT2D eigenvalue weighted by Gasteiger charge is -2.32. The Morgan fingerprint density at radius 3 is 2.83 bits per heavy atom. The first-order chi connectivity index (χ1) is 10.8. The quantitative estimate of drug-likeness (QED) is 0.847. The van der Waals surface area contributed by atoms with Gasteiger partial charge >= 0.3 is 0 Å². The Morgan fingerprint density at radius 1 is 1.43 bits per heavy atom. The lowest BCUT2D eigenvalue weighted by molar-refractivity contribution is -0.121. The third-order valence-electron chi connectivity index (χ3n) is 4.75. The summed E-state index contributed by atoms with van der Waals surface area (Å²) in [6.45, 7) is 8.28. The molecule has 128 valence electrons. The number of nitrogens with one attached hydrogen (secondary N) is 1. The fraction of sp³-hybridized carbons (Fsp3) is 0.632. The van der Waals surface area contributed by atoms with Gasteiger partial charge in [0.05, 0.1) is 19.1 Å². The number of ether oxygens (including phenoxy) is 1. The van der Waals surface area contributed by atoms with Crippen molar-refractivity contribution in [2.75, 3.05) is 6.61 Å². The molecule has 0 aliphatic carbocycles. The number of aliphatic hydroxyl groups excluding tert-OH is 1. The minimum absolute atomic E-state index is 0.0200. The van der Waals surface area contributed by atoms with E-state index in [-0.39, 0.29) is 30.1 Å². The van der Waals surface area contributed by atoms with Crippen LogP contribution in [0.3, 0.4) is 0 Å². The zero-order chi connectivity index (χ0) is 17.0. The van der Waals surface area contributed by atoms with Crippen molar-refractivity contribution in [2.24, 2.45) is 5.92 Å². The van der Waals surface area contributed by atoms with Crippen molar-refractivity contribution in [2.45, 2.75) is 65.0 Å². The fourth-order valence-corrected chi connectivity index (χ4v) is 2.92. The normalized spacial score (nSPS) is 18.5. The third kappa shape index (κ3) is 4.71. The van der Waals surface area contributed by atoms with E-state index in [4.69, 9.17) is 4.74 Å². The molecule has 1 aliphatic heterocycles. The summed E-state index contributed by atoms with van der Waals surface area (Å²) in [5.74, 6) is 1.16. The van der Waals surface area contributed by atoms with Gasteiger partial charge in [0, 0.05) is 0 Å². The molecule has 1 aromatic carbocycles. The summed E-state index contributed by atoms with van der Waals surface area (Å²) in [6, 6.07) is 5.82. The van der Waals surface area contributed by atoms with Crippen molar-refractivity contribution >= 4 is 5.91 Å². The van der Waals surface area contributed by atoms with E-state index in [1.54, 1.807) is 0 Å². The number of rotatable bonds is 6. The maximum Gasteiger partial charge on any atom is 0.224 e. The summed E-state index contributed by atoms with van der Waals surface area (Å²) in [5, 5.41) is 12.4. The van der Waals surface area contributed by atoms with E-state index in [0.717, 1.165) is 30.6 Å². The zero-order valence-corrected chi connectivity index (χ0v) is 14.7. The molecule has 1 heterocycles. The molecule has 2 N–H and O–H groups in total. The second kappa shape index (κ2) is 7.35. The Morgan fingerprint density at radius 2 is 2.17 bits per heavy atom. The van der Waals surface area contributed by atoms with E-state index in [0.29, 0.717) is 6.42 Å². The standard InChI is InChI=1S/C19H29NO3/c1-5-13(2)16(12-21)20-18(22)11-14-6-7-17-15(10-14)8-9-19(3,4)23-17/h6-7,10,13,16,21H,5,8-9,11-12H2,1-4H3,(H,20,22)/t13-,16-/m1/s1. The minimum atomic E-state index is -0.172. The van der Waals surface area contributed by atoms with Crippen LogP contribution in [-0.4, -0.2) is 29.3 Å². The van der Waals surface area contributed by atoms with Gasteiger partial charge < -0.3 is 15.2 Å². The average molecular weight is 319 g/mol. The smallest absolute Gasteiger partial charge is 0.224 e. The molecule has 1 aliphatic rings. The fourth-order valence-electron chi connectivity index (χ4n) is 2.92. The molecule has 0 radical (unpaired) electrons. The number of hydrogen-bond donors (Lipinski definition) is 2. The Labute approximate surface area is 139 Å². The summed E-state index contributed by atoms with van der Waals surface area (Å²) in [4.78, 5) is 12.2. The van der Waals surface area contributed by atoms with Gasteiger partial charge in [-0.3, -0.25) is 4.79 Å². The van der Waals surface area contributed by atoms with Gasteiger partial charge in [-0.25, -0.2) is 0 Å². The van der Waals surface area contributed by atoms with E-state index in [9.17, 15) is 9.90 Å². The van der Waals surface area contributed by atoms with Crippen molar-refractivity contribution in [1.82, 2.24) is 5.32 Å². The number of aliphatic hydroxyl groups is 1. The van der Waals surface area contributed by atoms with Crippen molar-refractivity contribution in [3.05, 3.63) is 29.3 Å². The van der Waals surface area contributed by atoms with Gasteiger partial charge in [0.1, 0.15) is 11.4 Å². The predicted octanol–water partition coefficient (Wildman–Crippen LogP) is 2.86. The SMILES string of the molecule is CC[C@@H](C)[C@@H](CO)NC(=O)Cc1ccc2c(c1)CCC(C)(C)O2. The van der Waals surface area contributed by atoms with Gasteiger partial charge in [-0.1, -0.05) is 32.4 Å². The molecule has 0 bridgehead atoms. The van der Waals surface area contributed by atoms with Crippen LogP contribution < -0.4 is 10.1 Å². The second-order valence-corrected chi connectivity index (χ2v) is 7.22. The topological polar surface area (TPSA) is 58.6 Å². The van der Waals surface area contributed by atoms with E-state index >= 15 is 0 Å². The van der Waals surface area contributed by atoms with Gasteiger partial charge in [-0.2, -0.15) is 0 Å². The van der Waals surface area contributed by atoms with Crippen molar-refractivity contribution in [3.8, 4) is 5.75 Å². The van der Waals surface area contributed by atoms with Crippen LogP contribution in [0.2, 0.25) is 0 Å². The summed E-state index contributed by atoms with van der Waals surface area (Å²) < 4.78 is 5.97. The molecule has 2 atom stereocenters. The van der Waals surface area contributed by atoms with Crippen LogP contribution in [0.15, 0.2) is 18.2 Å². The number of benzene rings is 1. The summed E-state index contributed by atoms with van der Waals surface area (Å²) >= 11 is 0. The first kappa shape index (κ1) is 17.8. The molecule has 0 unspecified atom stereocenters. The lowest BCUT2D eigenvalue weighted by Crippen LogP contribution is -2.42. The zero-order valence-electron chi connectivity index (χ0n) is 14.7. The molecule has 0 spiro atoms. The lowest BCUT2D eigenvalue weighted by atomic mass is 9.93. The highest BCUT2D eigenvalue weighted by molar-refractivity contribution is 5.79. The Hall–Kier alpha value is -1.55. The predicted molar refractivity (Wildman–Crippen MR) is 91.6 cm³/mol. The van der Waals surface area contributed by atoms with E-state index in [1.807, 2.05) is 19.1 Å². The minimum Gasteiger partial charge on any atom is -0.488 e. The monoisotopic (exact) mass is 319 g/mol. The van der Waals surface area contributed by atoms with Gasteiger partial charge in [-0.05, 0) is 49.8 Å². The van der Waals surface area contributed by atoms with Crippen LogP contribution in [0.25, 0.3) is 0 Å². The third-order valence-corrected chi connectivity index (χ3v) is 4.75. The summed E-state index contributed by atoms with van der Waals surface area (Å²) in [6.07, 6.45) is 3.22. The number of fused-ring (bicyclic) bond motifs is 1. The molecular formula is C19H29NO3. The Balaban J connectivity index is 2.00. The molecular weight excluding hydrogens is 290 g/mol. The molecule has 0 saturated heterocycles. The molecule has 1 amide bonds. The van der Waals surface area contributed by atoms with Gasteiger partial charge in [0.25, 0.3) is 0 Å². The maximum atomic E-state index is 12.2. The van der Waals surface area contributed by atoms with E-state index < -0.39 is 0 Å². The second-order valence-electron chi connectivity index (χ2n) is 7.22. The van der Waals surface area contributed by atoms with Gasteiger partial charge in [0.2, 0.25) is 5.91 Å². The van der Waals surface area contributed by atoms with Crippen LogP contribution >= 0.6 is 0 Å². The van der Waals surface area contributed by atoms with Crippen molar-refractivity contribution < 1.29 is 14.6 Å². The Bertz CT molecular complexity index is 554. The summed E-state index contributed by atoms with van der Waals surface area (Å²) in [7, 11) is 0. The van der Waals surface area contributed by atoms with E-state index in [2.05, 4.69) is 32.2 Å². The molecule has 0 fully saturated rings. The number of carbonyl (C=O) groups excluding carboxylic acids is 1. The van der Waals surface area contributed by atoms with Crippen molar-refractivity contribution in [1.29, 1.82) is 0 Å². The largest absolute Gasteiger partial charge is 0.488 e. The molecule has 0 saturated carbocycles. The number of hydrogen-bond acceptors (Lipinski definition) is 3. The highest BCUT2D eigenvalue weighted by atomic mass is 16.5. The first-order valence-electron chi connectivity index (χ1n) is 8.55. The maximum absolute atomic E-state index is 12.2. The number of aryl methyl sites for hydroxylation is 1. The first-order valence-corrected chi connectivity index (χ1v) is 8.55. The van der Waals surface area contributed by atoms with Crippen LogP contribution in [0.1, 0.15) is 51.7 Å². The highest BCUT2D eigenvalue weighted by Crippen LogP contribution is 2.33. The van der Waals surface area contributed by atoms with E-state index in [1.165, 1.54) is 5.56 Å². The molecule has 4 nitrogen and oxygen atoms in total. The van der Waals surface area contributed by atoms with Gasteiger partial charge in [0.15, 0.2) is 0 Å².